The molecule has 3 rings (SSSR count). The van der Waals surface area contributed by atoms with Crippen molar-refractivity contribution in [2.24, 2.45) is 4.99 Å². The minimum atomic E-state index is 0. The summed E-state index contributed by atoms with van der Waals surface area (Å²) < 4.78 is 10.7. The number of nitrogens with one attached hydrogen (secondary N) is 3. The molecule has 0 unspecified atom stereocenters. The summed E-state index contributed by atoms with van der Waals surface area (Å²) in [6.45, 7) is 3.50. The van der Waals surface area contributed by atoms with E-state index < -0.39 is 0 Å². The number of aromatic nitrogens is 3. The quantitative estimate of drug-likeness (QED) is 0.245. The molecular weight excluding hydrogens is 483 g/mol. The van der Waals surface area contributed by atoms with E-state index in [0.29, 0.717) is 24.6 Å². The van der Waals surface area contributed by atoms with Gasteiger partial charge in [-0.3, -0.25) is 10.1 Å². The zero-order valence-electron chi connectivity index (χ0n) is 16.9. The maximum absolute atomic E-state index is 5.38. The average molecular weight is 510 g/mol. The van der Waals surface area contributed by atoms with Gasteiger partial charge in [-0.25, -0.2) is 4.98 Å². The van der Waals surface area contributed by atoms with Crippen LogP contribution >= 0.6 is 24.0 Å². The van der Waals surface area contributed by atoms with Gasteiger partial charge >= 0.3 is 0 Å². The van der Waals surface area contributed by atoms with Gasteiger partial charge in [-0.2, -0.15) is 5.10 Å². The molecule has 0 bridgehead atoms. The van der Waals surface area contributed by atoms with E-state index in [9.17, 15) is 0 Å². The number of benzene rings is 1. The monoisotopic (exact) mass is 510 g/mol. The fourth-order valence-electron chi connectivity index (χ4n) is 2.79. The Morgan fingerprint density at radius 2 is 2.00 bits per heavy atom. The van der Waals surface area contributed by atoms with Crippen LogP contribution in [0.2, 0.25) is 0 Å². The minimum Gasteiger partial charge on any atom is -0.496 e. The average Bonchev–Trinajstić information content (AvgIpc) is 3.39. The SMILES string of the molecule is CN=C(NCCc1ccc(C)c(OC)c1)NCCc1nc(-c2ccco2)n[nH]1.I. The van der Waals surface area contributed by atoms with Gasteiger partial charge < -0.3 is 19.8 Å². The number of ether oxygens (including phenoxy) is 1. The molecule has 3 N–H and O–H groups in total. The van der Waals surface area contributed by atoms with Crippen LogP contribution < -0.4 is 15.4 Å². The van der Waals surface area contributed by atoms with Crippen molar-refractivity contribution in [2.45, 2.75) is 19.8 Å². The van der Waals surface area contributed by atoms with Crippen molar-refractivity contribution in [1.29, 1.82) is 0 Å². The Bertz CT molecular complexity index is 908. The largest absolute Gasteiger partial charge is 0.496 e. The number of aliphatic imine (C=N–C) groups is 1. The second-order valence-corrected chi connectivity index (χ2v) is 6.31. The second-order valence-electron chi connectivity index (χ2n) is 6.31. The lowest BCUT2D eigenvalue weighted by molar-refractivity contribution is 0.411. The summed E-state index contributed by atoms with van der Waals surface area (Å²) in [6.07, 6.45) is 3.19. The normalized spacial score (nSPS) is 11.1. The smallest absolute Gasteiger partial charge is 0.216 e. The van der Waals surface area contributed by atoms with E-state index in [-0.39, 0.29) is 24.0 Å². The number of methoxy groups -OCH3 is 1. The Labute approximate surface area is 187 Å². The first-order chi connectivity index (χ1) is 13.7. The van der Waals surface area contributed by atoms with Crippen LogP contribution in [0.15, 0.2) is 46.0 Å². The summed E-state index contributed by atoms with van der Waals surface area (Å²) in [5, 5.41) is 13.7. The fraction of sp³-hybridized carbons (Fsp3) is 0.350. The van der Waals surface area contributed by atoms with Gasteiger partial charge in [0.1, 0.15) is 11.6 Å². The van der Waals surface area contributed by atoms with Crippen LogP contribution in [0.5, 0.6) is 5.75 Å². The molecule has 0 aliphatic carbocycles. The summed E-state index contributed by atoms with van der Waals surface area (Å²) in [6, 6.07) is 9.93. The molecule has 0 saturated heterocycles. The minimum absolute atomic E-state index is 0. The molecule has 0 saturated carbocycles. The lowest BCUT2D eigenvalue weighted by Gasteiger charge is -2.12. The number of furan rings is 1. The Morgan fingerprint density at radius 1 is 1.21 bits per heavy atom. The molecule has 29 heavy (non-hydrogen) atoms. The number of rotatable bonds is 8. The summed E-state index contributed by atoms with van der Waals surface area (Å²) in [7, 11) is 3.45. The first-order valence-corrected chi connectivity index (χ1v) is 9.23. The molecule has 2 aromatic heterocycles. The van der Waals surface area contributed by atoms with E-state index in [1.807, 2.05) is 19.1 Å². The number of guanidine groups is 1. The summed E-state index contributed by atoms with van der Waals surface area (Å²) in [4.78, 5) is 8.68. The zero-order valence-corrected chi connectivity index (χ0v) is 19.2. The molecule has 1 aromatic carbocycles. The third-order valence-corrected chi connectivity index (χ3v) is 4.33. The molecule has 156 valence electrons. The van der Waals surface area contributed by atoms with E-state index in [2.05, 4.69) is 49.0 Å². The van der Waals surface area contributed by atoms with Crippen molar-refractivity contribution >= 4 is 29.9 Å². The molecule has 0 amide bonds. The fourth-order valence-corrected chi connectivity index (χ4v) is 2.79. The molecule has 0 fully saturated rings. The van der Waals surface area contributed by atoms with Gasteiger partial charge in [0, 0.05) is 26.6 Å². The first-order valence-electron chi connectivity index (χ1n) is 9.23. The van der Waals surface area contributed by atoms with E-state index in [4.69, 9.17) is 9.15 Å². The molecule has 0 aliphatic heterocycles. The number of halogens is 1. The molecule has 3 aromatic rings. The van der Waals surface area contributed by atoms with Crippen LogP contribution in [-0.2, 0) is 12.8 Å². The number of aromatic amines is 1. The number of hydrogen-bond donors (Lipinski definition) is 3. The first kappa shape index (κ1) is 22.7. The summed E-state index contributed by atoms with van der Waals surface area (Å²) in [5.41, 5.74) is 2.36. The van der Waals surface area contributed by atoms with Crippen LogP contribution in [0.3, 0.4) is 0 Å². The summed E-state index contributed by atoms with van der Waals surface area (Å²) >= 11 is 0. The van der Waals surface area contributed by atoms with E-state index in [1.54, 1.807) is 20.4 Å². The number of nitrogens with zero attached hydrogens (tertiary/aromatic N) is 3. The van der Waals surface area contributed by atoms with Gasteiger partial charge in [-0.05, 0) is 42.7 Å². The molecule has 0 radical (unpaired) electrons. The second kappa shape index (κ2) is 11.4. The predicted octanol–water partition coefficient (Wildman–Crippen LogP) is 2.95. The van der Waals surface area contributed by atoms with Crippen molar-refractivity contribution in [3.8, 4) is 17.3 Å². The van der Waals surface area contributed by atoms with Crippen LogP contribution in [0, 0.1) is 6.92 Å². The van der Waals surface area contributed by atoms with Gasteiger partial charge in [-0.1, -0.05) is 12.1 Å². The Kier molecular flexibility index (Phi) is 8.97. The lowest BCUT2D eigenvalue weighted by atomic mass is 10.1. The third-order valence-electron chi connectivity index (χ3n) is 4.33. The Morgan fingerprint density at radius 3 is 2.69 bits per heavy atom. The van der Waals surface area contributed by atoms with E-state index in [0.717, 1.165) is 36.1 Å². The van der Waals surface area contributed by atoms with Gasteiger partial charge in [0.05, 0.1) is 13.4 Å². The topological polar surface area (TPSA) is 100 Å². The highest BCUT2D eigenvalue weighted by Crippen LogP contribution is 2.19. The van der Waals surface area contributed by atoms with Crippen LogP contribution in [-0.4, -0.2) is 48.4 Å². The highest BCUT2D eigenvalue weighted by molar-refractivity contribution is 14.0. The van der Waals surface area contributed by atoms with Crippen molar-refractivity contribution in [3.05, 3.63) is 53.5 Å². The Hall–Kier alpha value is -2.56. The van der Waals surface area contributed by atoms with Gasteiger partial charge in [-0.15, -0.1) is 24.0 Å². The van der Waals surface area contributed by atoms with E-state index in [1.165, 1.54) is 5.56 Å². The third kappa shape index (κ3) is 6.48. The highest BCUT2D eigenvalue weighted by Gasteiger charge is 2.08. The lowest BCUT2D eigenvalue weighted by Crippen LogP contribution is -2.39. The number of hydrogen-bond acceptors (Lipinski definition) is 5. The Balaban J connectivity index is 0.00000300. The maximum atomic E-state index is 5.38. The summed E-state index contributed by atoms with van der Waals surface area (Å²) in [5.74, 6) is 3.68. The molecule has 0 aliphatic rings. The van der Waals surface area contributed by atoms with Crippen molar-refractivity contribution < 1.29 is 9.15 Å². The number of aryl methyl sites for hydroxylation is 1. The highest BCUT2D eigenvalue weighted by atomic mass is 127. The molecular formula is C20H27IN6O2. The molecule has 2 heterocycles. The molecule has 0 spiro atoms. The standard InChI is InChI=1S/C20H26N6O2.HI/c1-14-6-7-15(13-17(14)27-3)8-10-22-20(21-2)23-11-9-18-24-19(26-25-18)16-5-4-12-28-16;/h4-7,12-13H,8-11H2,1-3H3,(H2,21,22,23)(H,24,25,26);1H. The van der Waals surface area contributed by atoms with Gasteiger partial charge in [0.15, 0.2) is 11.7 Å². The van der Waals surface area contributed by atoms with Gasteiger partial charge in [0.2, 0.25) is 5.82 Å². The number of H-pyrrole nitrogens is 1. The zero-order chi connectivity index (χ0) is 19.8. The predicted molar refractivity (Wildman–Crippen MR) is 124 cm³/mol. The van der Waals surface area contributed by atoms with E-state index >= 15 is 0 Å². The van der Waals surface area contributed by atoms with Crippen molar-refractivity contribution in [1.82, 2.24) is 25.8 Å². The van der Waals surface area contributed by atoms with Crippen LogP contribution in [0.4, 0.5) is 0 Å². The molecule has 9 heteroatoms. The molecule has 0 atom stereocenters. The van der Waals surface area contributed by atoms with Gasteiger partial charge in [0.25, 0.3) is 0 Å². The van der Waals surface area contributed by atoms with Crippen molar-refractivity contribution in [2.75, 3.05) is 27.2 Å². The molecule has 8 nitrogen and oxygen atoms in total. The van der Waals surface area contributed by atoms with Crippen LogP contribution in [0.1, 0.15) is 17.0 Å². The maximum Gasteiger partial charge on any atom is 0.216 e. The van der Waals surface area contributed by atoms with Crippen molar-refractivity contribution in [3.63, 3.8) is 0 Å². The van der Waals surface area contributed by atoms with Crippen LogP contribution in [0.25, 0.3) is 11.6 Å².